The average molecular weight is 579 g/mol. The van der Waals surface area contributed by atoms with Crippen LogP contribution in [0.1, 0.15) is 64.2 Å². The summed E-state index contributed by atoms with van der Waals surface area (Å²) >= 11 is 3.05. The van der Waals surface area contributed by atoms with E-state index in [0.29, 0.717) is 27.8 Å². The number of nitrogens with zero attached hydrogens (tertiary/aromatic N) is 1. The number of ether oxygens (including phenoxy) is 3. The van der Waals surface area contributed by atoms with Crippen LogP contribution >= 0.6 is 23.1 Å². The Labute approximate surface area is 241 Å². The molecule has 0 saturated carbocycles. The Hall–Kier alpha value is -3.50. The molecular formula is C30H30N2O6S2. The molecule has 1 atom stereocenters. The van der Waals surface area contributed by atoms with Crippen LogP contribution < -0.4 is 19.7 Å². The molecule has 2 amide bonds. The number of aryl methyl sites for hydroxylation is 1. The summed E-state index contributed by atoms with van der Waals surface area (Å²) in [6.45, 7) is 2.07. The summed E-state index contributed by atoms with van der Waals surface area (Å²) in [6.07, 6.45) is 5.08. The Kier molecular flexibility index (Phi) is 7.71. The Morgan fingerprint density at radius 1 is 1.07 bits per heavy atom. The SMILES string of the molecule is CCOC(=O)c1c(NC(=O)CN2C(=O)CC(c3ccc4c(c3)OCO4)Sc3ccccc32)sc2c1CCCCC2. The van der Waals surface area contributed by atoms with E-state index in [4.69, 9.17) is 14.2 Å². The molecule has 208 valence electrons. The molecule has 2 aromatic carbocycles. The number of anilines is 2. The van der Waals surface area contributed by atoms with Crippen molar-refractivity contribution in [3.63, 3.8) is 0 Å². The summed E-state index contributed by atoms with van der Waals surface area (Å²) in [6, 6.07) is 13.4. The van der Waals surface area contributed by atoms with Gasteiger partial charge in [0.05, 0.1) is 17.9 Å². The molecule has 1 aromatic heterocycles. The van der Waals surface area contributed by atoms with Gasteiger partial charge in [-0.25, -0.2) is 4.79 Å². The summed E-state index contributed by atoms with van der Waals surface area (Å²) in [7, 11) is 0. The van der Waals surface area contributed by atoms with Gasteiger partial charge in [-0.1, -0.05) is 24.6 Å². The number of para-hydroxylation sites is 1. The van der Waals surface area contributed by atoms with E-state index in [0.717, 1.165) is 53.0 Å². The van der Waals surface area contributed by atoms with Crippen molar-refractivity contribution in [3.05, 3.63) is 64.0 Å². The largest absolute Gasteiger partial charge is 0.462 e. The average Bonchev–Trinajstić information content (AvgIpc) is 3.44. The summed E-state index contributed by atoms with van der Waals surface area (Å²) in [5.74, 6) is 0.461. The molecule has 3 aromatic rings. The molecule has 0 spiro atoms. The molecule has 2 aliphatic heterocycles. The van der Waals surface area contributed by atoms with Crippen molar-refractivity contribution in [3.8, 4) is 11.5 Å². The molecule has 0 fully saturated rings. The monoisotopic (exact) mass is 578 g/mol. The van der Waals surface area contributed by atoms with Gasteiger partial charge in [0.15, 0.2) is 11.5 Å². The number of benzene rings is 2. The van der Waals surface area contributed by atoms with Crippen molar-refractivity contribution in [1.29, 1.82) is 0 Å². The van der Waals surface area contributed by atoms with Crippen molar-refractivity contribution < 1.29 is 28.6 Å². The van der Waals surface area contributed by atoms with Crippen LogP contribution in [-0.2, 0) is 27.2 Å². The molecule has 6 rings (SSSR count). The van der Waals surface area contributed by atoms with Gasteiger partial charge in [-0.2, -0.15) is 0 Å². The molecule has 40 heavy (non-hydrogen) atoms. The lowest BCUT2D eigenvalue weighted by molar-refractivity contribution is -0.121. The second kappa shape index (κ2) is 11.5. The number of nitrogens with one attached hydrogen (secondary N) is 1. The number of esters is 1. The van der Waals surface area contributed by atoms with Crippen LogP contribution in [0.2, 0.25) is 0 Å². The number of hydrogen-bond acceptors (Lipinski definition) is 8. The number of fused-ring (bicyclic) bond motifs is 3. The molecule has 0 saturated heterocycles. The van der Waals surface area contributed by atoms with E-state index < -0.39 is 5.97 Å². The van der Waals surface area contributed by atoms with Gasteiger partial charge in [-0.15, -0.1) is 23.1 Å². The van der Waals surface area contributed by atoms with E-state index >= 15 is 0 Å². The summed E-state index contributed by atoms with van der Waals surface area (Å²) in [5.41, 5.74) is 3.12. The molecule has 1 aliphatic carbocycles. The van der Waals surface area contributed by atoms with E-state index in [9.17, 15) is 14.4 Å². The van der Waals surface area contributed by atoms with Gasteiger partial charge in [0.25, 0.3) is 0 Å². The first kappa shape index (κ1) is 26.7. The fraction of sp³-hybridized carbons (Fsp3) is 0.367. The zero-order chi connectivity index (χ0) is 27.6. The van der Waals surface area contributed by atoms with Crippen molar-refractivity contribution in [2.75, 3.05) is 30.2 Å². The summed E-state index contributed by atoms with van der Waals surface area (Å²) in [4.78, 5) is 43.6. The quantitative estimate of drug-likeness (QED) is 0.278. The molecular weight excluding hydrogens is 548 g/mol. The summed E-state index contributed by atoms with van der Waals surface area (Å²) in [5, 5.41) is 3.32. The third kappa shape index (κ3) is 5.30. The maximum absolute atomic E-state index is 13.6. The molecule has 3 heterocycles. The van der Waals surface area contributed by atoms with E-state index in [1.54, 1.807) is 23.6 Å². The zero-order valence-electron chi connectivity index (χ0n) is 22.2. The molecule has 8 nitrogen and oxygen atoms in total. The normalized spacial score (nSPS) is 17.9. The second-order valence-corrected chi connectivity index (χ2v) is 12.3. The molecule has 10 heteroatoms. The Morgan fingerprint density at radius 3 is 2.77 bits per heavy atom. The lowest BCUT2D eigenvalue weighted by Crippen LogP contribution is -2.38. The molecule has 0 bridgehead atoms. The van der Waals surface area contributed by atoms with Crippen LogP contribution in [0, 0.1) is 0 Å². The van der Waals surface area contributed by atoms with Crippen LogP contribution in [0.3, 0.4) is 0 Å². The highest BCUT2D eigenvalue weighted by Crippen LogP contribution is 2.47. The van der Waals surface area contributed by atoms with Gasteiger partial charge < -0.3 is 24.4 Å². The number of carbonyl (C=O) groups excluding carboxylic acids is 3. The first-order chi connectivity index (χ1) is 19.5. The van der Waals surface area contributed by atoms with Gasteiger partial charge >= 0.3 is 5.97 Å². The highest BCUT2D eigenvalue weighted by molar-refractivity contribution is 7.99. The first-order valence-corrected chi connectivity index (χ1v) is 15.3. The van der Waals surface area contributed by atoms with E-state index in [1.807, 2.05) is 42.5 Å². The van der Waals surface area contributed by atoms with Crippen molar-refractivity contribution in [2.24, 2.45) is 0 Å². The number of hydrogen-bond donors (Lipinski definition) is 1. The van der Waals surface area contributed by atoms with Crippen LogP contribution in [-0.4, -0.2) is 37.7 Å². The number of amides is 2. The fourth-order valence-corrected chi connectivity index (χ4v) is 7.98. The zero-order valence-corrected chi connectivity index (χ0v) is 23.8. The standard InChI is InChI=1S/C30H30N2O6S2/c1-2-36-30(35)28-19-8-4-3-5-10-23(19)40-29(28)31-26(33)16-32-20-9-6-7-11-24(20)39-25(15-27(32)34)18-12-13-21-22(14-18)38-17-37-21/h6-7,9,11-14,25H,2-5,8,10,15-17H2,1H3,(H,31,33). The lowest BCUT2D eigenvalue weighted by Gasteiger charge is -2.22. The Balaban J connectivity index is 1.25. The maximum Gasteiger partial charge on any atom is 0.341 e. The topological polar surface area (TPSA) is 94.2 Å². The smallest absolute Gasteiger partial charge is 0.341 e. The fourth-order valence-electron chi connectivity index (χ4n) is 5.41. The number of thiophene rings is 1. The van der Waals surface area contributed by atoms with Gasteiger partial charge in [0.2, 0.25) is 18.6 Å². The molecule has 3 aliphatic rings. The van der Waals surface area contributed by atoms with Crippen LogP contribution in [0.25, 0.3) is 0 Å². The van der Waals surface area contributed by atoms with Gasteiger partial charge in [-0.05, 0) is 68.0 Å². The highest BCUT2D eigenvalue weighted by Gasteiger charge is 2.32. The van der Waals surface area contributed by atoms with E-state index in [1.165, 1.54) is 11.3 Å². The molecule has 0 radical (unpaired) electrons. The van der Waals surface area contributed by atoms with Crippen molar-refractivity contribution in [1.82, 2.24) is 0 Å². The maximum atomic E-state index is 13.6. The van der Waals surface area contributed by atoms with Crippen molar-refractivity contribution in [2.45, 2.75) is 55.6 Å². The van der Waals surface area contributed by atoms with Crippen LogP contribution in [0.15, 0.2) is 47.4 Å². The van der Waals surface area contributed by atoms with Gasteiger partial charge in [-0.3, -0.25) is 9.59 Å². The van der Waals surface area contributed by atoms with Crippen molar-refractivity contribution >= 4 is 51.6 Å². The number of thioether (sulfide) groups is 1. The Morgan fingerprint density at radius 2 is 1.90 bits per heavy atom. The minimum atomic E-state index is -0.406. The number of rotatable bonds is 6. The first-order valence-electron chi connectivity index (χ1n) is 13.6. The minimum Gasteiger partial charge on any atom is -0.462 e. The van der Waals surface area contributed by atoms with E-state index in [2.05, 4.69) is 5.32 Å². The van der Waals surface area contributed by atoms with Gasteiger partial charge in [0.1, 0.15) is 11.5 Å². The Bertz CT molecular complexity index is 1470. The highest BCUT2D eigenvalue weighted by atomic mass is 32.2. The van der Waals surface area contributed by atoms with Crippen LogP contribution in [0.4, 0.5) is 10.7 Å². The predicted molar refractivity (Wildman–Crippen MR) is 155 cm³/mol. The van der Waals surface area contributed by atoms with E-state index in [-0.39, 0.29) is 43.4 Å². The van der Waals surface area contributed by atoms with Crippen LogP contribution in [0.5, 0.6) is 11.5 Å². The third-order valence-electron chi connectivity index (χ3n) is 7.31. The molecule has 1 unspecified atom stereocenters. The molecule has 1 N–H and O–H groups in total. The lowest BCUT2D eigenvalue weighted by atomic mass is 10.1. The predicted octanol–water partition coefficient (Wildman–Crippen LogP) is 6.13. The summed E-state index contributed by atoms with van der Waals surface area (Å²) < 4.78 is 16.4. The van der Waals surface area contributed by atoms with Gasteiger partial charge in [0, 0.05) is 21.4 Å². The second-order valence-electron chi connectivity index (χ2n) is 9.91. The minimum absolute atomic E-state index is 0.150. The third-order valence-corrected chi connectivity index (χ3v) is 9.84. The number of carbonyl (C=O) groups is 3.